The number of aliphatic hydroxyl groups is 1. The zero-order valence-electron chi connectivity index (χ0n) is 13.1. The van der Waals surface area contributed by atoms with Gasteiger partial charge in [0.25, 0.3) is 0 Å². The van der Waals surface area contributed by atoms with Crippen LogP contribution in [0, 0.1) is 0 Å². The third kappa shape index (κ3) is 4.18. The predicted octanol–water partition coefficient (Wildman–Crippen LogP) is 3.05. The van der Waals surface area contributed by atoms with Crippen molar-refractivity contribution in [2.45, 2.75) is 25.4 Å². The minimum absolute atomic E-state index is 0.0538. The van der Waals surface area contributed by atoms with E-state index in [1.807, 2.05) is 60.7 Å². The van der Waals surface area contributed by atoms with Gasteiger partial charge in [0.15, 0.2) is 0 Å². The second kappa shape index (κ2) is 7.76. The van der Waals surface area contributed by atoms with Gasteiger partial charge in [-0.25, -0.2) is 0 Å². The highest BCUT2D eigenvalue weighted by Crippen LogP contribution is 2.26. The summed E-state index contributed by atoms with van der Waals surface area (Å²) in [5.41, 5.74) is 1.98. The van der Waals surface area contributed by atoms with E-state index in [0.29, 0.717) is 13.0 Å². The quantitative estimate of drug-likeness (QED) is 0.890. The van der Waals surface area contributed by atoms with Crippen LogP contribution < -0.4 is 0 Å². The molecule has 0 aliphatic carbocycles. The lowest BCUT2D eigenvalue weighted by molar-refractivity contribution is -0.130. The molecule has 0 saturated heterocycles. The third-order valence-corrected chi connectivity index (χ3v) is 3.77. The van der Waals surface area contributed by atoms with Gasteiger partial charge < -0.3 is 10.0 Å². The molecule has 1 N–H and O–H groups in total. The number of aliphatic hydroxyl groups excluding tert-OH is 1. The van der Waals surface area contributed by atoms with Gasteiger partial charge in [-0.3, -0.25) is 4.79 Å². The zero-order valence-corrected chi connectivity index (χ0v) is 13.1. The fourth-order valence-electron chi connectivity index (χ4n) is 2.48. The van der Waals surface area contributed by atoms with Crippen LogP contribution in [-0.2, 0) is 4.79 Å². The number of hydrogen-bond acceptors (Lipinski definition) is 2. The normalized spacial score (nSPS) is 12.2. The molecule has 0 aliphatic rings. The van der Waals surface area contributed by atoms with Gasteiger partial charge in [0.2, 0.25) is 5.91 Å². The summed E-state index contributed by atoms with van der Waals surface area (Å²) in [6.45, 7) is 2.29. The average molecular weight is 297 g/mol. The molecule has 1 atom stereocenters. The van der Waals surface area contributed by atoms with Gasteiger partial charge in [-0.1, -0.05) is 60.7 Å². The Morgan fingerprint density at radius 1 is 1.00 bits per heavy atom. The maximum atomic E-state index is 12.9. The van der Waals surface area contributed by atoms with E-state index < -0.39 is 6.10 Å². The van der Waals surface area contributed by atoms with Crippen LogP contribution in [0.5, 0.6) is 0 Å². The molecular formula is C19H23NO2. The second-order valence-electron chi connectivity index (χ2n) is 5.65. The Kier molecular flexibility index (Phi) is 5.73. The number of carbonyl (C=O) groups excluding carboxylic acids is 1. The summed E-state index contributed by atoms with van der Waals surface area (Å²) in [7, 11) is 1.80. The Morgan fingerprint density at radius 3 is 1.86 bits per heavy atom. The molecule has 0 radical (unpaired) electrons. The van der Waals surface area contributed by atoms with Crippen LogP contribution in [0.4, 0.5) is 0 Å². The lowest BCUT2D eigenvalue weighted by Crippen LogP contribution is -2.34. The summed E-state index contributed by atoms with van der Waals surface area (Å²) >= 11 is 0. The molecule has 0 heterocycles. The fraction of sp³-hybridized carbons (Fsp3) is 0.316. The van der Waals surface area contributed by atoms with Crippen molar-refractivity contribution in [2.24, 2.45) is 0 Å². The largest absolute Gasteiger partial charge is 0.393 e. The number of amides is 1. The van der Waals surface area contributed by atoms with Gasteiger partial charge in [-0.2, -0.15) is 0 Å². The summed E-state index contributed by atoms with van der Waals surface area (Å²) in [5.74, 6) is -0.251. The van der Waals surface area contributed by atoms with E-state index in [4.69, 9.17) is 0 Å². The minimum atomic E-state index is -0.401. The average Bonchev–Trinajstić information content (AvgIpc) is 2.54. The molecule has 0 bridgehead atoms. The lowest BCUT2D eigenvalue weighted by atomic mass is 9.90. The number of rotatable bonds is 6. The number of benzene rings is 2. The molecule has 1 unspecified atom stereocenters. The third-order valence-electron chi connectivity index (χ3n) is 3.77. The highest BCUT2D eigenvalue weighted by atomic mass is 16.3. The van der Waals surface area contributed by atoms with Crippen molar-refractivity contribution in [1.29, 1.82) is 0 Å². The van der Waals surface area contributed by atoms with E-state index in [2.05, 4.69) is 0 Å². The van der Waals surface area contributed by atoms with Gasteiger partial charge in [0, 0.05) is 13.6 Å². The van der Waals surface area contributed by atoms with Crippen LogP contribution in [0.25, 0.3) is 0 Å². The van der Waals surface area contributed by atoms with Crippen molar-refractivity contribution in [3.63, 3.8) is 0 Å². The molecule has 0 saturated carbocycles. The lowest BCUT2D eigenvalue weighted by Gasteiger charge is -2.25. The molecule has 0 fully saturated rings. The van der Waals surface area contributed by atoms with Crippen LogP contribution in [0.15, 0.2) is 60.7 Å². The number of carbonyl (C=O) groups is 1. The van der Waals surface area contributed by atoms with Crippen molar-refractivity contribution in [3.05, 3.63) is 71.8 Å². The highest BCUT2D eigenvalue weighted by Gasteiger charge is 2.25. The molecule has 3 nitrogen and oxygen atoms in total. The monoisotopic (exact) mass is 297 g/mol. The topological polar surface area (TPSA) is 40.5 Å². The number of nitrogens with zero attached hydrogens (tertiary/aromatic N) is 1. The SMILES string of the molecule is CC(O)CCN(C)C(=O)C(c1ccccc1)c1ccccc1. The highest BCUT2D eigenvalue weighted by molar-refractivity contribution is 5.87. The van der Waals surface area contributed by atoms with Crippen molar-refractivity contribution in [3.8, 4) is 0 Å². The second-order valence-corrected chi connectivity index (χ2v) is 5.65. The number of likely N-dealkylation sites (N-methyl/N-ethyl adjacent to an activating group) is 1. The standard InChI is InChI=1S/C19H23NO2/c1-15(21)13-14-20(2)19(22)18(16-9-5-3-6-10-16)17-11-7-4-8-12-17/h3-12,15,18,21H,13-14H2,1-2H3. The minimum Gasteiger partial charge on any atom is -0.393 e. The summed E-state index contributed by atoms with van der Waals surface area (Å²) in [6, 6.07) is 19.7. The smallest absolute Gasteiger partial charge is 0.234 e. The Hall–Kier alpha value is -2.13. The molecule has 116 valence electrons. The molecular weight excluding hydrogens is 274 g/mol. The van der Waals surface area contributed by atoms with E-state index in [1.165, 1.54) is 0 Å². The molecule has 22 heavy (non-hydrogen) atoms. The first kappa shape index (κ1) is 16.2. The van der Waals surface area contributed by atoms with Crippen LogP contribution in [0.3, 0.4) is 0 Å². The Morgan fingerprint density at radius 2 is 1.45 bits per heavy atom. The molecule has 0 spiro atoms. The molecule has 3 heteroatoms. The molecule has 2 aromatic rings. The molecule has 2 rings (SSSR count). The van der Waals surface area contributed by atoms with E-state index >= 15 is 0 Å². The molecule has 2 aromatic carbocycles. The summed E-state index contributed by atoms with van der Waals surface area (Å²) in [4.78, 5) is 14.6. The zero-order chi connectivity index (χ0) is 15.9. The first-order valence-electron chi connectivity index (χ1n) is 7.62. The maximum Gasteiger partial charge on any atom is 0.234 e. The van der Waals surface area contributed by atoms with E-state index in [0.717, 1.165) is 11.1 Å². The number of hydrogen-bond donors (Lipinski definition) is 1. The van der Waals surface area contributed by atoms with Crippen LogP contribution in [0.1, 0.15) is 30.4 Å². The van der Waals surface area contributed by atoms with E-state index in [-0.39, 0.29) is 11.8 Å². The van der Waals surface area contributed by atoms with Gasteiger partial charge in [0.05, 0.1) is 12.0 Å². The van der Waals surface area contributed by atoms with E-state index in [1.54, 1.807) is 18.9 Å². The van der Waals surface area contributed by atoms with Gasteiger partial charge in [-0.15, -0.1) is 0 Å². The van der Waals surface area contributed by atoms with Gasteiger partial charge in [-0.05, 0) is 24.5 Å². The predicted molar refractivity (Wildman–Crippen MR) is 88.7 cm³/mol. The Bertz CT molecular complexity index is 541. The first-order chi connectivity index (χ1) is 10.6. The Labute approximate surface area is 132 Å². The molecule has 0 aromatic heterocycles. The fourth-order valence-corrected chi connectivity index (χ4v) is 2.48. The van der Waals surface area contributed by atoms with E-state index in [9.17, 15) is 9.90 Å². The van der Waals surface area contributed by atoms with Gasteiger partial charge in [0.1, 0.15) is 0 Å². The van der Waals surface area contributed by atoms with Crippen molar-refractivity contribution < 1.29 is 9.90 Å². The van der Waals surface area contributed by atoms with Crippen LogP contribution in [0.2, 0.25) is 0 Å². The van der Waals surface area contributed by atoms with Crippen LogP contribution in [-0.4, -0.2) is 35.6 Å². The summed E-state index contributed by atoms with van der Waals surface area (Å²) in [5, 5.41) is 9.42. The summed E-state index contributed by atoms with van der Waals surface area (Å²) < 4.78 is 0. The van der Waals surface area contributed by atoms with Gasteiger partial charge >= 0.3 is 0 Å². The van der Waals surface area contributed by atoms with Crippen molar-refractivity contribution in [1.82, 2.24) is 4.90 Å². The van der Waals surface area contributed by atoms with Crippen molar-refractivity contribution >= 4 is 5.91 Å². The Balaban J connectivity index is 2.27. The summed E-state index contributed by atoms with van der Waals surface area (Å²) in [6.07, 6.45) is 0.181. The molecule has 0 aliphatic heterocycles. The maximum absolute atomic E-state index is 12.9. The van der Waals surface area contributed by atoms with Crippen molar-refractivity contribution in [2.75, 3.05) is 13.6 Å². The van der Waals surface area contributed by atoms with Crippen LogP contribution >= 0.6 is 0 Å². The molecule has 1 amide bonds. The first-order valence-corrected chi connectivity index (χ1v) is 7.62.